The van der Waals surface area contributed by atoms with Crippen LogP contribution >= 0.6 is 0 Å². The molecule has 19 heavy (non-hydrogen) atoms. The number of benzene rings is 1. The summed E-state index contributed by atoms with van der Waals surface area (Å²) < 4.78 is 5.33. The van der Waals surface area contributed by atoms with Crippen LogP contribution in [0.4, 0.5) is 5.88 Å². The van der Waals surface area contributed by atoms with Crippen molar-refractivity contribution in [3.8, 4) is 11.5 Å². The second-order valence-corrected chi connectivity index (χ2v) is 5.62. The average molecular weight is 258 g/mol. The van der Waals surface area contributed by atoms with E-state index in [9.17, 15) is 4.79 Å². The van der Waals surface area contributed by atoms with E-state index in [0.717, 1.165) is 5.56 Å². The van der Waals surface area contributed by atoms with Gasteiger partial charge in [0, 0.05) is 12.5 Å². The molecule has 0 saturated heterocycles. The SMILES string of the molecule is CC(=O)c1nc(-c2ccc(C(C)(C)C)cc2)oc1N. The van der Waals surface area contributed by atoms with Crippen molar-refractivity contribution in [2.24, 2.45) is 0 Å². The van der Waals surface area contributed by atoms with Crippen molar-refractivity contribution in [2.75, 3.05) is 5.73 Å². The molecule has 0 amide bonds. The number of nitrogens with two attached hydrogens (primary N) is 1. The van der Waals surface area contributed by atoms with Gasteiger partial charge in [0.2, 0.25) is 11.8 Å². The first-order valence-corrected chi connectivity index (χ1v) is 6.17. The molecular formula is C15H18N2O2. The van der Waals surface area contributed by atoms with Gasteiger partial charge in [0.05, 0.1) is 0 Å². The molecule has 1 aromatic carbocycles. The molecule has 0 aliphatic heterocycles. The third-order valence-electron chi connectivity index (χ3n) is 2.98. The van der Waals surface area contributed by atoms with E-state index in [1.54, 1.807) is 0 Å². The van der Waals surface area contributed by atoms with Gasteiger partial charge < -0.3 is 10.2 Å². The topological polar surface area (TPSA) is 69.1 Å². The molecule has 0 atom stereocenters. The number of carbonyl (C=O) groups is 1. The van der Waals surface area contributed by atoms with Gasteiger partial charge in [-0.1, -0.05) is 32.9 Å². The van der Waals surface area contributed by atoms with Crippen LogP contribution in [-0.2, 0) is 5.41 Å². The van der Waals surface area contributed by atoms with Crippen LogP contribution in [0.3, 0.4) is 0 Å². The molecule has 1 heterocycles. The molecule has 100 valence electrons. The minimum Gasteiger partial charge on any atom is -0.420 e. The van der Waals surface area contributed by atoms with E-state index in [0.29, 0.717) is 5.89 Å². The number of rotatable bonds is 2. The summed E-state index contributed by atoms with van der Waals surface area (Å²) in [6, 6.07) is 7.91. The third kappa shape index (κ3) is 2.67. The maximum Gasteiger partial charge on any atom is 0.229 e. The summed E-state index contributed by atoms with van der Waals surface area (Å²) in [6.07, 6.45) is 0. The zero-order valence-electron chi connectivity index (χ0n) is 11.7. The Morgan fingerprint density at radius 3 is 2.21 bits per heavy atom. The van der Waals surface area contributed by atoms with E-state index < -0.39 is 0 Å². The van der Waals surface area contributed by atoms with Crippen LogP contribution < -0.4 is 5.73 Å². The molecule has 4 nitrogen and oxygen atoms in total. The standard InChI is InChI=1S/C15H18N2O2/c1-9(18)12-13(16)19-14(17-12)10-5-7-11(8-6-10)15(2,3)4/h5-8H,16H2,1-4H3. The highest BCUT2D eigenvalue weighted by Crippen LogP contribution is 2.27. The molecule has 0 saturated carbocycles. The van der Waals surface area contributed by atoms with E-state index in [4.69, 9.17) is 10.2 Å². The van der Waals surface area contributed by atoms with E-state index >= 15 is 0 Å². The lowest BCUT2D eigenvalue weighted by molar-refractivity contribution is 0.101. The van der Waals surface area contributed by atoms with Crippen molar-refractivity contribution in [1.29, 1.82) is 0 Å². The number of Topliss-reactive ketones (excluding diaryl/α,β-unsaturated/α-hetero) is 1. The van der Waals surface area contributed by atoms with Crippen LogP contribution in [0, 0.1) is 0 Å². The maximum atomic E-state index is 11.3. The summed E-state index contributed by atoms with van der Waals surface area (Å²) in [6.45, 7) is 7.87. The third-order valence-corrected chi connectivity index (χ3v) is 2.98. The van der Waals surface area contributed by atoms with Crippen LogP contribution in [0.5, 0.6) is 0 Å². The van der Waals surface area contributed by atoms with Crippen molar-refractivity contribution in [3.05, 3.63) is 35.5 Å². The Morgan fingerprint density at radius 1 is 1.21 bits per heavy atom. The van der Waals surface area contributed by atoms with Gasteiger partial charge in [0.25, 0.3) is 0 Å². The molecule has 0 fully saturated rings. The maximum absolute atomic E-state index is 11.3. The Hall–Kier alpha value is -2.10. The van der Waals surface area contributed by atoms with Gasteiger partial charge in [-0.15, -0.1) is 0 Å². The molecule has 0 radical (unpaired) electrons. The normalized spacial score (nSPS) is 11.6. The highest BCUT2D eigenvalue weighted by Gasteiger charge is 2.17. The number of hydrogen-bond donors (Lipinski definition) is 1. The van der Waals surface area contributed by atoms with Crippen LogP contribution in [0.2, 0.25) is 0 Å². The first-order chi connectivity index (χ1) is 8.79. The van der Waals surface area contributed by atoms with Gasteiger partial charge in [-0.05, 0) is 23.1 Å². The fourth-order valence-electron chi connectivity index (χ4n) is 1.82. The van der Waals surface area contributed by atoms with Gasteiger partial charge in [-0.2, -0.15) is 0 Å². The highest BCUT2D eigenvalue weighted by molar-refractivity contribution is 5.96. The fourth-order valence-corrected chi connectivity index (χ4v) is 1.82. The largest absolute Gasteiger partial charge is 0.420 e. The lowest BCUT2D eigenvalue weighted by Gasteiger charge is -2.18. The molecule has 2 N–H and O–H groups in total. The van der Waals surface area contributed by atoms with Gasteiger partial charge in [0.15, 0.2) is 11.5 Å². The number of anilines is 1. The number of aromatic nitrogens is 1. The minimum atomic E-state index is -0.196. The molecule has 0 aliphatic carbocycles. The van der Waals surface area contributed by atoms with Crippen LogP contribution in [0.25, 0.3) is 11.5 Å². The van der Waals surface area contributed by atoms with Crippen molar-refractivity contribution >= 4 is 11.7 Å². The Labute approximate surface area is 112 Å². The quantitative estimate of drug-likeness (QED) is 0.838. The molecular weight excluding hydrogens is 240 g/mol. The second-order valence-electron chi connectivity index (χ2n) is 5.62. The Bertz CT molecular complexity index is 604. The predicted molar refractivity (Wildman–Crippen MR) is 75.1 cm³/mol. The molecule has 0 aliphatic rings. The van der Waals surface area contributed by atoms with Gasteiger partial charge in [-0.25, -0.2) is 4.98 Å². The number of hydrogen-bond acceptors (Lipinski definition) is 4. The smallest absolute Gasteiger partial charge is 0.229 e. The van der Waals surface area contributed by atoms with Crippen LogP contribution in [-0.4, -0.2) is 10.8 Å². The zero-order valence-corrected chi connectivity index (χ0v) is 11.7. The van der Waals surface area contributed by atoms with E-state index in [1.807, 2.05) is 24.3 Å². The molecule has 2 aromatic rings. The minimum absolute atomic E-state index is 0.0717. The van der Waals surface area contributed by atoms with Gasteiger partial charge in [0.1, 0.15) is 0 Å². The Morgan fingerprint density at radius 2 is 1.79 bits per heavy atom. The number of oxazole rings is 1. The van der Waals surface area contributed by atoms with Crippen molar-refractivity contribution < 1.29 is 9.21 Å². The monoisotopic (exact) mass is 258 g/mol. The lowest BCUT2D eigenvalue weighted by Crippen LogP contribution is -2.10. The lowest BCUT2D eigenvalue weighted by atomic mass is 9.87. The van der Waals surface area contributed by atoms with E-state index in [-0.39, 0.29) is 22.8 Å². The summed E-state index contributed by atoms with van der Waals surface area (Å²) >= 11 is 0. The highest BCUT2D eigenvalue weighted by atomic mass is 16.4. The number of carbonyl (C=O) groups excluding carboxylic acids is 1. The molecule has 2 rings (SSSR count). The van der Waals surface area contributed by atoms with Crippen molar-refractivity contribution in [1.82, 2.24) is 4.98 Å². The fraction of sp³-hybridized carbons (Fsp3) is 0.333. The predicted octanol–water partition coefficient (Wildman–Crippen LogP) is 3.42. The summed E-state index contributed by atoms with van der Waals surface area (Å²) in [5.74, 6) is 0.254. The van der Waals surface area contributed by atoms with Crippen LogP contribution in [0.1, 0.15) is 43.7 Å². The summed E-state index contributed by atoms with van der Waals surface area (Å²) in [5, 5.41) is 0. The molecule has 4 heteroatoms. The summed E-state index contributed by atoms with van der Waals surface area (Å²) in [4.78, 5) is 15.4. The summed E-state index contributed by atoms with van der Waals surface area (Å²) in [5.41, 5.74) is 7.95. The van der Waals surface area contributed by atoms with Crippen molar-refractivity contribution in [2.45, 2.75) is 33.1 Å². The molecule has 1 aromatic heterocycles. The van der Waals surface area contributed by atoms with E-state index in [1.165, 1.54) is 12.5 Å². The average Bonchev–Trinajstić information content (AvgIpc) is 2.70. The summed E-state index contributed by atoms with van der Waals surface area (Å²) in [7, 11) is 0. The second kappa shape index (κ2) is 4.53. The Kier molecular flexibility index (Phi) is 3.18. The van der Waals surface area contributed by atoms with Crippen LogP contribution in [0.15, 0.2) is 28.7 Å². The first-order valence-electron chi connectivity index (χ1n) is 6.17. The number of ketones is 1. The number of nitrogens with zero attached hydrogens (tertiary/aromatic N) is 1. The molecule has 0 bridgehead atoms. The Balaban J connectivity index is 2.38. The first kappa shape index (κ1) is 13.3. The zero-order chi connectivity index (χ0) is 14.2. The van der Waals surface area contributed by atoms with E-state index in [2.05, 4.69) is 25.8 Å². The van der Waals surface area contributed by atoms with Gasteiger partial charge >= 0.3 is 0 Å². The number of nitrogen functional groups attached to an aromatic ring is 1. The molecule has 0 spiro atoms. The molecule has 0 unspecified atom stereocenters. The van der Waals surface area contributed by atoms with Gasteiger partial charge in [-0.3, -0.25) is 4.79 Å². The van der Waals surface area contributed by atoms with Crippen molar-refractivity contribution in [3.63, 3.8) is 0 Å².